The van der Waals surface area contributed by atoms with Crippen molar-refractivity contribution >= 4 is 17.6 Å². The molecule has 0 rings (SSSR count). The minimum absolute atomic E-state index is 0.0434. The molecule has 0 bridgehead atoms. The smallest absolute Gasteiger partial charge is 0.310 e. The first kappa shape index (κ1) is 9.76. The zero-order valence-electron chi connectivity index (χ0n) is 6.56. The zero-order valence-corrected chi connectivity index (χ0v) is 7.31. The van der Waals surface area contributed by atoms with Gasteiger partial charge in [-0.05, 0) is 13.8 Å². The molecule has 0 aliphatic heterocycles. The van der Waals surface area contributed by atoms with Gasteiger partial charge in [-0.1, -0.05) is 6.92 Å². The SMILES string of the molecule is CC(C)OC(=O)C(C)CCl. The Kier molecular flexibility index (Phi) is 4.45. The van der Waals surface area contributed by atoms with Crippen LogP contribution in [-0.4, -0.2) is 18.0 Å². The molecule has 1 unspecified atom stereocenters. The molecule has 0 aromatic rings. The van der Waals surface area contributed by atoms with Crippen LogP contribution >= 0.6 is 11.6 Å². The van der Waals surface area contributed by atoms with Gasteiger partial charge in [-0.15, -0.1) is 11.6 Å². The van der Waals surface area contributed by atoms with E-state index in [4.69, 9.17) is 16.3 Å². The number of ether oxygens (including phenoxy) is 1. The summed E-state index contributed by atoms with van der Waals surface area (Å²) < 4.78 is 4.88. The van der Waals surface area contributed by atoms with Crippen LogP contribution in [0.1, 0.15) is 20.8 Å². The molecule has 0 saturated heterocycles. The van der Waals surface area contributed by atoms with Crippen LogP contribution in [0, 0.1) is 5.92 Å². The second kappa shape index (κ2) is 4.56. The van der Waals surface area contributed by atoms with Gasteiger partial charge in [-0.3, -0.25) is 4.79 Å². The minimum Gasteiger partial charge on any atom is -0.463 e. The molecule has 0 spiro atoms. The zero-order chi connectivity index (χ0) is 8.15. The number of rotatable bonds is 3. The average molecular weight is 165 g/mol. The lowest BCUT2D eigenvalue weighted by Gasteiger charge is -2.10. The van der Waals surface area contributed by atoms with Gasteiger partial charge in [0.25, 0.3) is 0 Å². The summed E-state index contributed by atoms with van der Waals surface area (Å²) in [6.45, 7) is 5.38. The standard InChI is InChI=1S/C7H13ClO2/c1-5(2)10-7(9)6(3)4-8/h5-6H,4H2,1-3H3. The van der Waals surface area contributed by atoms with Crippen molar-refractivity contribution in [2.75, 3.05) is 5.88 Å². The lowest BCUT2D eigenvalue weighted by atomic mass is 10.2. The molecule has 0 heterocycles. The summed E-state index contributed by atoms with van der Waals surface area (Å²) in [5.41, 5.74) is 0. The summed E-state index contributed by atoms with van der Waals surface area (Å²) >= 11 is 5.43. The fourth-order valence-corrected chi connectivity index (χ4v) is 0.537. The van der Waals surface area contributed by atoms with Gasteiger partial charge in [0.2, 0.25) is 0 Å². The highest BCUT2D eigenvalue weighted by atomic mass is 35.5. The molecular formula is C7H13ClO2. The largest absolute Gasteiger partial charge is 0.463 e. The second-order valence-electron chi connectivity index (χ2n) is 2.54. The first-order valence-electron chi connectivity index (χ1n) is 3.34. The van der Waals surface area contributed by atoms with E-state index in [1.165, 1.54) is 0 Å². The van der Waals surface area contributed by atoms with Crippen molar-refractivity contribution in [2.24, 2.45) is 5.92 Å². The predicted octanol–water partition coefficient (Wildman–Crippen LogP) is 1.81. The molecule has 0 aromatic carbocycles. The molecule has 0 amide bonds. The fourth-order valence-electron chi connectivity index (χ4n) is 0.411. The molecule has 60 valence electrons. The van der Waals surface area contributed by atoms with Gasteiger partial charge in [0.15, 0.2) is 0 Å². The van der Waals surface area contributed by atoms with Crippen molar-refractivity contribution in [3.63, 3.8) is 0 Å². The van der Waals surface area contributed by atoms with E-state index >= 15 is 0 Å². The molecule has 0 aliphatic rings. The van der Waals surface area contributed by atoms with E-state index in [0.29, 0.717) is 5.88 Å². The molecular weight excluding hydrogens is 152 g/mol. The minimum atomic E-state index is -0.218. The number of carbonyl (C=O) groups is 1. The molecule has 0 saturated carbocycles. The number of carbonyl (C=O) groups excluding carboxylic acids is 1. The van der Waals surface area contributed by atoms with Gasteiger partial charge in [-0.2, -0.15) is 0 Å². The molecule has 0 N–H and O–H groups in total. The van der Waals surface area contributed by atoms with Gasteiger partial charge < -0.3 is 4.74 Å². The third kappa shape index (κ3) is 3.72. The highest BCUT2D eigenvalue weighted by molar-refractivity contribution is 6.19. The molecule has 2 nitrogen and oxygen atoms in total. The van der Waals surface area contributed by atoms with Crippen molar-refractivity contribution in [2.45, 2.75) is 26.9 Å². The maximum atomic E-state index is 10.9. The van der Waals surface area contributed by atoms with Gasteiger partial charge >= 0.3 is 5.97 Å². The van der Waals surface area contributed by atoms with Crippen molar-refractivity contribution in [1.29, 1.82) is 0 Å². The number of halogens is 1. The van der Waals surface area contributed by atoms with Gasteiger partial charge in [0, 0.05) is 5.88 Å². The van der Waals surface area contributed by atoms with E-state index in [1.807, 2.05) is 13.8 Å². The van der Waals surface area contributed by atoms with E-state index in [9.17, 15) is 4.79 Å². The number of hydrogen-bond acceptors (Lipinski definition) is 2. The Balaban J connectivity index is 3.62. The predicted molar refractivity (Wildman–Crippen MR) is 41.1 cm³/mol. The maximum absolute atomic E-state index is 10.9. The lowest BCUT2D eigenvalue weighted by molar-refractivity contribution is -0.150. The van der Waals surface area contributed by atoms with Gasteiger partial charge in [0.05, 0.1) is 12.0 Å². The van der Waals surface area contributed by atoms with Crippen molar-refractivity contribution in [3.8, 4) is 0 Å². The van der Waals surface area contributed by atoms with Crippen LogP contribution in [0.15, 0.2) is 0 Å². The van der Waals surface area contributed by atoms with Gasteiger partial charge in [-0.25, -0.2) is 0 Å². The van der Waals surface area contributed by atoms with Crippen molar-refractivity contribution < 1.29 is 9.53 Å². The third-order valence-electron chi connectivity index (χ3n) is 0.986. The Bertz CT molecular complexity index is 112. The summed E-state index contributed by atoms with van der Waals surface area (Å²) in [5.74, 6) is -0.0833. The Labute approximate surface area is 66.5 Å². The molecule has 0 aromatic heterocycles. The van der Waals surface area contributed by atoms with Crippen LogP contribution in [0.2, 0.25) is 0 Å². The van der Waals surface area contributed by atoms with E-state index in [1.54, 1.807) is 6.92 Å². The Morgan fingerprint density at radius 3 is 2.30 bits per heavy atom. The maximum Gasteiger partial charge on any atom is 0.310 e. The number of alkyl halides is 1. The summed E-state index contributed by atoms with van der Waals surface area (Å²) in [6.07, 6.45) is -0.0434. The summed E-state index contributed by atoms with van der Waals surface area (Å²) in [6, 6.07) is 0. The van der Waals surface area contributed by atoms with Crippen LogP contribution in [0.25, 0.3) is 0 Å². The van der Waals surface area contributed by atoms with E-state index in [0.717, 1.165) is 0 Å². The van der Waals surface area contributed by atoms with Crippen molar-refractivity contribution in [1.82, 2.24) is 0 Å². The molecule has 10 heavy (non-hydrogen) atoms. The first-order chi connectivity index (χ1) is 4.57. The Morgan fingerprint density at radius 2 is 2.00 bits per heavy atom. The summed E-state index contributed by atoms with van der Waals surface area (Å²) in [4.78, 5) is 10.9. The summed E-state index contributed by atoms with van der Waals surface area (Å²) in [7, 11) is 0. The van der Waals surface area contributed by atoms with Crippen LogP contribution in [-0.2, 0) is 9.53 Å². The molecule has 3 heteroatoms. The van der Waals surface area contributed by atoms with E-state index in [2.05, 4.69) is 0 Å². The quantitative estimate of drug-likeness (QED) is 0.470. The lowest BCUT2D eigenvalue weighted by Crippen LogP contribution is -2.19. The van der Waals surface area contributed by atoms with Gasteiger partial charge in [0.1, 0.15) is 0 Å². The molecule has 0 fully saturated rings. The summed E-state index contributed by atoms with van der Waals surface area (Å²) in [5, 5.41) is 0. The molecule has 1 atom stereocenters. The monoisotopic (exact) mass is 164 g/mol. The topological polar surface area (TPSA) is 26.3 Å². The highest BCUT2D eigenvalue weighted by Crippen LogP contribution is 2.02. The van der Waals surface area contributed by atoms with Crippen molar-refractivity contribution in [3.05, 3.63) is 0 Å². The normalized spacial score (nSPS) is 13.3. The van der Waals surface area contributed by atoms with Crippen LogP contribution in [0.5, 0.6) is 0 Å². The Hall–Kier alpha value is -0.240. The molecule has 0 aliphatic carbocycles. The second-order valence-corrected chi connectivity index (χ2v) is 2.85. The number of esters is 1. The fraction of sp³-hybridized carbons (Fsp3) is 0.857. The van der Waals surface area contributed by atoms with Crippen LogP contribution in [0.4, 0.5) is 0 Å². The third-order valence-corrected chi connectivity index (χ3v) is 1.45. The number of hydrogen-bond donors (Lipinski definition) is 0. The van der Waals surface area contributed by atoms with Crippen LogP contribution in [0.3, 0.4) is 0 Å². The van der Waals surface area contributed by atoms with E-state index < -0.39 is 0 Å². The highest BCUT2D eigenvalue weighted by Gasteiger charge is 2.13. The van der Waals surface area contributed by atoms with E-state index in [-0.39, 0.29) is 18.0 Å². The molecule has 0 radical (unpaired) electrons. The average Bonchev–Trinajstić information content (AvgIpc) is 1.85. The Morgan fingerprint density at radius 1 is 1.50 bits per heavy atom. The first-order valence-corrected chi connectivity index (χ1v) is 3.87. The van der Waals surface area contributed by atoms with Crippen LogP contribution < -0.4 is 0 Å².